The third kappa shape index (κ3) is 7.79. The number of hydrogen-bond acceptors (Lipinski definition) is 5. The Morgan fingerprint density at radius 1 is 1.23 bits per heavy atom. The van der Waals surface area contributed by atoms with Crippen LogP contribution in [0.1, 0.15) is 51.0 Å². The summed E-state index contributed by atoms with van der Waals surface area (Å²) >= 11 is 0. The Morgan fingerprint density at radius 3 is 2.62 bits per heavy atom. The Kier molecular flexibility index (Phi) is 11.9. The fourth-order valence-corrected chi connectivity index (χ4v) is 2.96. The molecule has 2 heterocycles. The smallest absolute Gasteiger partial charge is 0.191 e. The van der Waals surface area contributed by atoms with Crippen molar-refractivity contribution < 1.29 is 9.26 Å². The Morgan fingerprint density at radius 2 is 1.96 bits per heavy atom. The first-order chi connectivity index (χ1) is 12.3. The molecule has 1 saturated heterocycles. The molecule has 1 aliphatic heterocycles. The highest BCUT2D eigenvalue weighted by atomic mass is 127. The van der Waals surface area contributed by atoms with E-state index in [1.165, 1.54) is 0 Å². The lowest BCUT2D eigenvalue weighted by atomic mass is 9.99. The van der Waals surface area contributed by atoms with Crippen LogP contribution in [0.2, 0.25) is 0 Å². The molecule has 0 amide bonds. The van der Waals surface area contributed by atoms with Gasteiger partial charge in [-0.3, -0.25) is 4.90 Å². The lowest BCUT2D eigenvalue weighted by Crippen LogP contribution is -2.44. The second-order valence-electron chi connectivity index (χ2n) is 6.31. The fraction of sp³-hybridized carbons (Fsp3) is 0.778. The fourth-order valence-electron chi connectivity index (χ4n) is 2.96. The Bertz CT molecular complexity index is 513. The second-order valence-corrected chi connectivity index (χ2v) is 6.31. The van der Waals surface area contributed by atoms with Crippen molar-refractivity contribution in [2.24, 2.45) is 4.99 Å². The molecule has 2 N–H and O–H groups in total. The number of aliphatic imine (C=N–C) groups is 1. The topological polar surface area (TPSA) is 74.9 Å². The normalized spacial score (nSPS) is 15.8. The number of guanidine groups is 1. The molecular weight excluding hydrogens is 445 g/mol. The molecule has 8 heteroatoms. The average molecular weight is 479 g/mol. The summed E-state index contributed by atoms with van der Waals surface area (Å²) in [6.45, 7) is 13.3. The predicted octanol–water partition coefficient (Wildman–Crippen LogP) is 2.58. The van der Waals surface area contributed by atoms with E-state index in [1.54, 1.807) is 0 Å². The van der Waals surface area contributed by atoms with E-state index in [1.807, 2.05) is 6.07 Å². The standard InChI is InChI=1S/C18H33N5O2.HI/c1-4-15(5-2)17-13-16(25-22-17)14-21-18(19-6-3)20-7-8-23-9-11-24-12-10-23;/h13,15H,4-12,14H2,1-3H3,(H2,19,20,21);1H. The van der Waals surface area contributed by atoms with E-state index < -0.39 is 0 Å². The number of hydrogen-bond donors (Lipinski definition) is 2. The van der Waals surface area contributed by atoms with Gasteiger partial charge in [-0.05, 0) is 19.8 Å². The highest BCUT2D eigenvalue weighted by Crippen LogP contribution is 2.22. The van der Waals surface area contributed by atoms with Gasteiger partial charge in [0.25, 0.3) is 0 Å². The van der Waals surface area contributed by atoms with E-state index in [9.17, 15) is 0 Å². The summed E-state index contributed by atoms with van der Waals surface area (Å²) in [7, 11) is 0. The number of aromatic nitrogens is 1. The quantitative estimate of drug-likeness (QED) is 0.322. The number of morpholine rings is 1. The molecular formula is C18H34IN5O2. The number of nitrogens with zero attached hydrogens (tertiary/aromatic N) is 3. The van der Waals surface area contributed by atoms with E-state index in [0.29, 0.717) is 12.5 Å². The maximum Gasteiger partial charge on any atom is 0.191 e. The first kappa shape index (κ1) is 23.2. The van der Waals surface area contributed by atoms with E-state index in [2.05, 4.69) is 46.5 Å². The van der Waals surface area contributed by atoms with E-state index >= 15 is 0 Å². The lowest BCUT2D eigenvalue weighted by Gasteiger charge is -2.26. The van der Waals surface area contributed by atoms with Crippen LogP contribution in [0.3, 0.4) is 0 Å². The molecule has 150 valence electrons. The summed E-state index contributed by atoms with van der Waals surface area (Å²) in [5.74, 6) is 2.10. The van der Waals surface area contributed by atoms with E-state index in [4.69, 9.17) is 9.26 Å². The van der Waals surface area contributed by atoms with Gasteiger partial charge in [0, 0.05) is 44.7 Å². The Balaban J connectivity index is 0.00000338. The number of ether oxygens (including phenoxy) is 1. The van der Waals surface area contributed by atoms with Crippen LogP contribution in [0.25, 0.3) is 0 Å². The van der Waals surface area contributed by atoms with Gasteiger partial charge in [-0.15, -0.1) is 24.0 Å². The zero-order valence-corrected chi connectivity index (χ0v) is 18.6. The maximum absolute atomic E-state index is 5.44. The van der Waals surface area contributed by atoms with Gasteiger partial charge in [0.05, 0.1) is 18.9 Å². The van der Waals surface area contributed by atoms with Crippen LogP contribution in [-0.4, -0.2) is 62.0 Å². The third-order valence-electron chi connectivity index (χ3n) is 4.54. The van der Waals surface area contributed by atoms with Crippen LogP contribution in [0.15, 0.2) is 15.6 Å². The molecule has 0 radical (unpaired) electrons. The minimum Gasteiger partial charge on any atom is -0.379 e. The lowest BCUT2D eigenvalue weighted by molar-refractivity contribution is 0.0389. The zero-order chi connectivity index (χ0) is 17.9. The third-order valence-corrected chi connectivity index (χ3v) is 4.54. The number of rotatable bonds is 9. The minimum atomic E-state index is 0. The van der Waals surface area contributed by atoms with Crippen LogP contribution in [-0.2, 0) is 11.3 Å². The summed E-state index contributed by atoms with van der Waals surface area (Å²) in [6, 6.07) is 2.04. The number of halogens is 1. The van der Waals surface area contributed by atoms with Gasteiger partial charge < -0.3 is 19.9 Å². The molecule has 0 atom stereocenters. The second kappa shape index (κ2) is 13.3. The molecule has 7 nitrogen and oxygen atoms in total. The SMILES string of the molecule is CCNC(=NCc1cc(C(CC)CC)no1)NCCN1CCOCC1.I. The van der Waals surface area contributed by atoms with Crippen molar-refractivity contribution in [3.8, 4) is 0 Å². The van der Waals surface area contributed by atoms with Crippen molar-refractivity contribution in [2.45, 2.75) is 46.1 Å². The first-order valence-electron chi connectivity index (χ1n) is 9.54. The average Bonchev–Trinajstić information content (AvgIpc) is 3.10. The Hall–Kier alpha value is -0.870. The van der Waals surface area contributed by atoms with Crippen LogP contribution < -0.4 is 10.6 Å². The summed E-state index contributed by atoms with van der Waals surface area (Å²) in [4.78, 5) is 7.01. The highest BCUT2D eigenvalue weighted by Gasteiger charge is 2.13. The van der Waals surface area contributed by atoms with Gasteiger partial charge in [0.2, 0.25) is 0 Å². The van der Waals surface area contributed by atoms with Crippen molar-refractivity contribution >= 4 is 29.9 Å². The van der Waals surface area contributed by atoms with Crippen LogP contribution in [0.5, 0.6) is 0 Å². The summed E-state index contributed by atoms with van der Waals surface area (Å²) in [5.41, 5.74) is 1.04. The molecule has 1 aromatic rings. The molecule has 0 bridgehead atoms. The van der Waals surface area contributed by atoms with Crippen LogP contribution in [0, 0.1) is 0 Å². The summed E-state index contributed by atoms with van der Waals surface area (Å²) < 4.78 is 10.8. The van der Waals surface area contributed by atoms with Crippen LogP contribution in [0.4, 0.5) is 0 Å². The molecule has 0 spiro atoms. The molecule has 0 aliphatic carbocycles. The molecule has 0 unspecified atom stereocenters. The highest BCUT2D eigenvalue weighted by molar-refractivity contribution is 14.0. The Labute approximate surface area is 174 Å². The predicted molar refractivity (Wildman–Crippen MR) is 115 cm³/mol. The molecule has 1 fully saturated rings. The summed E-state index contributed by atoms with van der Waals surface area (Å²) in [6.07, 6.45) is 2.16. The number of nitrogens with one attached hydrogen (secondary N) is 2. The molecule has 26 heavy (non-hydrogen) atoms. The monoisotopic (exact) mass is 479 g/mol. The molecule has 2 rings (SSSR count). The van der Waals surface area contributed by atoms with Crippen molar-refractivity contribution in [2.75, 3.05) is 45.9 Å². The maximum atomic E-state index is 5.44. The van der Waals surface area contributed by atoms with Gasteiger partial charge in [-0.1, -0.05) is 19.0 Å². The van der Waals surface area contributed by atoms with Gasteiger partial charge in [0.1, 0.15) is 6.54 Å². The van der Waals surface area contributed by atoms with E-state index in [-0.39, 0.29) is 24.0 Å². The van der Waals surface area contributed by atoms with E-state index in [0.717, 1.165) is 76.2 Å². The zero-order valence-electron chi connectivity index (χ0n) is 16.3. The molecule has 1 aromatic heterocycles. The molecule has 1 aliphatic rings. The minimum absolute atomic E-state index is 0. The van der Waals surface area contributed by atoms with Gasteiger partial charge >= 0.3 is 0 Å². The van der Waals surface area contributed by atoms with Crippen molar-refractivity contribution in [1.82, 2.24) is 20.7 Å². The molecule has 0 aromatic carbocycles. The van der Waals surface area contributed by atoms with Gasteiger partial charge in [0.15, 0.2) is 11.7 Å². The van der Waals surface area contributed by atoms with Gasteiger partial charge in [-0.25, -0.2) is 4.99 Å². The van der Waals surface area contributed by atoms with Crippen molar-refractivity contribution in [3.05, 3.63) is 17.5 Å². The van der Waals surface area contributed by atoms with Gasteiger partial charge in [-0.2, -0.15) is 0 Å². The molecule has 0 saturated carbocycles. The largest absolute Gasteiger partial charge is 0.379 e. The van der Waals surface area contributed by atoms with Crippen molar-refractivity contribution in [3.63, 3.8) is 0 Å². The first-order valence-corrected chi connectivity index (χ1v) is 9.54. The summed E-state index contributed by atoms with van der Waals surface area (Å²) in [5, 5.41) is 10.9. The van der Waals surface area contributed by atoms with Crippen LogP contribution >= 0.6 is 24.0 Å². The van der Waals surface area contributed by atoms with Crippen molar-refractivity contribution in [1.29, 1.82) is 0 Å².